The van der Waals surface area contributed by atoms with Gasteiger partial charge in [-0.05, 0) is 54.6 Å². The molecule has 1 N–H and O–H groups in total. The van der Waals surface area contributed by atoms with Crippen molar-refractivity contribution in [2.24, 2.45) is 0 Å². The highest BCUT2D eigenvalue weighted by Gasteiger charge is 2.36. The maximum absolute atomic E-state index is 13.6. The van der Waals surface area contributed by atoms with E-state index in [1.54, 1.807) is 36.4 Å². The van der Waals surface area contributed by atoms with Crippen LogP contribution in [0.15, 0.2) is 83.9 Å². The number of benzene rings is 1. The summed E-state index contributed by atoms with van der Waals surface area (Å²) in [6.07, 6.45) is 1.06. The van der Waals surface area contributed by atoms with Crippen LogP contribution in [0, 0.1) is 0 Å². The van der Waals surface area contributed by atoms with E-state index in [4.69, 9.17) is 4.42 Å². The minimum atomic E-state index is -4.63. The van der Waals surface area contributed by atoms with E-state index >= 15 is 0 Å². The van der Waals surface area contributed by atoms with E-state index < -0.39 is 17.8 Å². The van der Waals surface area contributed by atoms with Gasteiger partial charge in [-0.2, -0.15) is 18.3 Å². The minimum Gasteiger partial charge on any atom is -0.464 e. The lowest BCUT2D eigenvalue weighted by atomic mass is 10.1. The summed E-state index contributed by atoms with van der Waals surface area (Å²) in [5.74, 6) is -0.225. The molecule has 0 fully saturated rings. The molecule has 0 spiro atoms. The Kier molecular flexibility index (Phi) is 4.89. The molecule has 0 radical (unpaired) electrons. The number of hydrogen-bond donors (Lipinski definition) is 1. The van der Waals surface area contributed by atoms with Crippen molar-refractivity contribution < 1.29 is 22.4 Å². The molecule has 33 heavy (non-hydrogen) atoms. The molecular formula is C23H14F3N5O2. The maximum atomic E-state index is 13.6. The molecule has 164 valence electrons. The Morgan fingerprint density at radius 1 is 1.03 bits per heavy atom. The lowest BCUT2D eigenvalue weighted by molar-refractivity contribution is -0.142. The van der Waals surface area contributed by atoms with E-state index in [1.165, 1.54) is 37.0 Å². The Labute approximate surface area is 184 Å². The third-order valence-electron chi connectivity index (χ3n) is 4.91. The highest BCUT2D eigenvalue weighted by Crippen LogP contribution is 2.34. The van der Waals surface area contributed by atoms with Gasteiger partial charge in [0.05, 0.1) is 23.8 Å². The third kappa shape index (κ3) is 4.05. The Balaban J connectivity index is 1.42. The van der Waals surface area contributed by atoms with Crippen molar-refractivity contribution in [3.63, 3.8) is 0 Å². The summed E-state index contributed by atoms with van der Waals surface area (Å²) in [6, 6.07) is 13.7. The smallest absolute Gasteiger partial charge is 0.433 e. The zero-order valence-electron chi connectivity index (χ0n) is 16.7. The molecule has 0 saturated carbocycles. The first kappa shape index (κ1) is 20.4. The van der Waals surface area contributed by atoms with E-state index in [1.807, 2.05) is 0 Å². The summed E-state index contributed by atoms with van der Waals surface area (Å²) in [7, 11) is 0. The van der Waals surface area contributed by atoms with Crippen LogP contribution in [0.1, 0.15) is 16.1 Å². The number of halogens is 3. The average Bonchev–Trinajstić information content (AvgIpc) is 3.47. The van der Waals surface area contributed by atoms with Crippen LogP contribution >= 0.6 is 0 Å². The van der Waals surface area contributed by atoms with Crippen molar-refractivity contribution >= 4 is 22.7 Å². The van der Waals surface area contributed by atoms with Crippen molar-refractivity contribution in [2.45, 2.75) is 6.18 Å². The van der Waals surface area contributed by atoms with Crippen LogP contribution in [0.2, 0.25) is 0 Å². The molecule has 0 aliphatic heterocycles. The van der Waals surface area contributed by atoms with Gasteiger partial charge in [0, 0.05) is 28.9 Å². The standard InChI is InChI=1S/C23H14F3N5O2/c24-23(25,26)20-11-18(16-2-1-8-27-12-16)30-31(20)17-4-6-21(28-13-17)29-22(32)15-3-5-19-14(10-15)7-9-33-19/h1-13H,(H,28,29,32). The summed E-state index contributed by atoms with van der Waals surface area (Å²) < 4.78 is 46.9. The first-order chi connectivity index (χ1) is 15.9. The van der Waals surface area contributed by atoms with Gasteiger partial charge in [-0.25, -0.2) is 9.67 Å². The molecule has 4 heterocycles. The van der Waals surface area contributed by atoms with Crippen LogP contribution < -0.4 is 5.32 Å². The van der Waals surface area contributed by atoms with Gasteiger partial charge in [0.25, 0.3) is 5.91 Å². The van der Waals surface area contributed by atoms with Crippen molar-refractivity contribution in [2.75, 3.05) is 5.32 Å². The van der Waals surface area contributed by atoms with Crippen LogP contribution in [-0.2, 0) is 6.18 Å². The summed E-state index contributed by atoms with van der Waals surface area (Å²) in [5.41, 5.74) is 0.765. The summed E-state index contributed by atoms with van der Waals surface area (Å²) in [5, 5.41) is 7.50. The SMILES string of the molecule is O=C(Nc1ccc(-n2nc(-c3cccnc3)cc2C(F)(F)F)cn1)c1ccc2occc2c1. The van der Waals surface area contributed by atoms with E-state index in [2.05, 4.69) is 20.4 Å². The van der Waals surface area contributed by atoms with Crippen LogP contribution in [0.3, 0.4) is 0 Å². The molecule has 0 aliphatic carbocycles. The van der Waals surface area contributed by atoms with Crippen molar-refractivity contribution in [1.29, 1.82) is 0 Å². The predicted molar refractivity (Wildman–Crippen MR) is 114 cm³/mol. The molecule has 10 heteroatoms. The molecule has 0 bridgehead atoms. The molecule has 5 aromatic rings. The van der Waals surface area contributed by atoms with Crippen molar-refractivity contribution in [3.8, 4) is 16.9 Å². The molecule has 4 aromatic heterocycles. The quantitative estimate of drug-likeness (QED) is 0.400. The number of alkyl halides is 3. The zero-order valence-corrected chi connectivity index (χ0v) is 16.7. The number of rotatable bonds is 4. The van der Waals surface area contributed by atoms with Crippen LogP contribution in [0.5, 0.6) is 0 Å². The number of nitrogens with zero attached hydrogens (tertiary/aromatic N) is 4. The number of carbonyl (C=O) groups excluding carboxylic acids is 1. The highest BCUT2D eigenvalue weighted by atomic mass is 19.4. The normalized spacial score (nSPS) is 11.6. The van der Waals surface area contributed by atoms with Crippen LogP contribution in [0.4, 0.5) is 19.0 Å². The Morgan fingerprint density at radius 3 is 2.64 bits per heavy atom. The number of pyridine rings is 2. The molecule has 0 saturated heterocycles. The summed E-state index contributed by atoms with van der Waals surface area (Å²) in [4.78, 5) is 20.5. The molecule has 0 atom stereocenters. The van der Waals surface area contributed by atoms with Gasteiger partial charge in [-0.3, -0.25) is 9.78 Å². The summed E-state index contributed by atoms with van der Waals surface area (Å²) >= 11 is 0. The number of carbonyl (C=O) groups is 1. The largest absolute Gasteiger partial charge is 0.464 e. The first-order valence-corrected chi connectivity index (χ1v) is 9.71. The number of hydrogen-bond acceptors (Lipinski definition) is 5. The fourth-order valence-corrected chi connectivity index (χ4v) is 3.32. The second kappa shape index (κ2) is 7.90. The Morgan fingerprint density at radius 2 is 1.91 bits per heavy atom. The van der Waals surface area contributed by atoms with Gasteiger partial charge >= 0.3 is 6.18 Å². The Hall–Kier alpha value is -4.47. The molecule has 7 nitrogen and oxygen atoms in total. The third-order valence-corrected chi connectivity index (χ3v) is 4.91. The van der Waals surface area contributed by atoms with E-state index in [-0.39, 0.29) is 17.2 Å². The Bertz CT molecular complexity index is 1440. The van der Waals surface area contributed by atoms with E-state index in [0.717, 1.165) is 16.1 Å². The second-order valence-electron chi connectivity index (χ2n) is 7.10. The first-order valence-electron chi connectivity index (χ1n) is 9.71. The number of furan rings is 1. The minimum absolute atomic E-state index is 0.0929. The fraction of sp³-hybridized carbons (Fsp3) is 0.0435. The molecule has 0 unspecified atom stereocenters. The molecule has 1 aromatic carbocycles. The lowest BCUT2D eigenvalue weighted by Crippen LogP contribution is -2.15. The van der Waals surface area contributed by atoms with Gasteiger partial charge in [0.15, 0.2) is 0 Å². The number of anilines is 1. The van der Waals surface area contributed by atoms with E-state index in [0.29, 0.717) is 16.7 Å². The summed E-state index contributed by atoms with van der Waals surface area (Å²) in [6.45, 7) is 0. The lowest BCUT2D eigenvalue weighted by Gasteiger charge is -2.10. The molecular weight excluding hydrogens is 435 g/mol. The van der Waals surface area contributed by atoms with Gasteiger partial charge in [0.1, 0.15) is 17.1 Å². The average molecular weight is 449 g/mol. The number of amides is 1. The van der Waals surface area contributed by atoms with E-state index in [9.17, 15) is 18.0 Å². The number of fused-ring (bicyclic) bond motifs is 1. The van der Waals surface area contributed by atoms with Gasteiger partial charge in [0.2, 0.25) is 0 Å². The van der Waals surface area contributed by atoms with Crippen molar-refractivity contribution in [1.82, 2.24) is 19.7 Å². The maximum Gasteiger partial charge on any atom is 0.433 e. The van der Waals surface area contributed by atoms with Gasteiger partial charge in [-0.1, -0.05) is 0 Å². The molecule has 1 amide bonds. The van der Waals surface area contributed by atoms with Gasteiger partial charge < -0.3 is 9.73 Å². The zero-order chi connectivity index (χ0) is 23.0. The number of aromatic nitrogens is 4. The van der Waals surface area contributed by atoms with Crippen molar-refractivity contribution in [3.05, 3.63) is 90.7 Å². The predicted octanol–water partition coefficient (Wildman–Crippen LogP) is 5.35. The molecule has 5 rings (SSSR count). The number of nitrogens with one attached hydrogen (secondary N) is 1. The van der Waals surface area contributed by atoms with Crippen LogP contribution in [-0.4, -0.2) is 25.7 Å². The fourth-order valence-electron chi connectivity index (χ4n) is 3.32. The van der Waals surface area contributed by atoms with Crippen LogP contribution in [0.25, 0.3) is 27.9 Å². The monoisotopic (exact) mass is 449 g/mol. The topological polar surface area (TPSA) is 85.8 Å². The van der Waals surface area contributed by atoms with Gasteiger partial charge in [-0.15, -0.1) is 0 Å². The second-order valence-corrected chi connectivity index (χ2v) is 7.10. The highest BCUT2D eigenvalue weighted by molar-refractivity contribution is 6.05. The molecule has 0 aliphatic rings.